The molecule has 6 heteroatoms. The molecule has 1 atom stereocenters. The van der Waals surface area contributed by atoms with E-state index in [4.69, 9.17) is 20.3 Å². The molecule has 0 aliphatic rings. The zero-order valence-corrected chi connectivity index (χ0v) is 11.0. The molecule has 0 fully saturated rings. The zero-order chi connectivity index (χ0) is 12.5. The molecule has 0 spiro atoms. The predicted molar refractivity (Wildman–Crippen MR) is 72.9 cm³/mol. The Balaban J connectivity index is 0.00000289. The second kappa shape index (κ2) is 9.90. The third kappa shape index (κ3) is 7.29. The molecule has 1 aromatic rings. The van der Waals surface area contributed by atoms with Gasteiger partial charge in [-0.25, -0.2) is 0 Å². The maximum atomic E-state index is 10.4. The average molecular weight is 273 g/mol. The van der Waals surface area contributed by atoms with Gasteiger partial charge in [-0.05, 0) is 5.56 Å². The van der Waals surface area contributed by atoms with Crippen LogP contribution in [0.2, 0.25) is 0 Å². The summed E-state index contributed by atoms with van der Waals surface area (Å²) in [6, 6.07) is 8.81. The maximum absolute atomic E-state index is 10.4. The van der Waals surface area contributed by atoms with Crippen LogP contribution in [0.1, 0.15) is 5.56 Å². The molecular formula is C12H19NO4S. The van der Waals surface area contributed by atoms with Gasteiger partial charge in [0.05, 0.1) is 26.4 Å². The van der Waals surface area contributed by atoms with Crippen LogP contribution in [0.25, 0.3) is 0 Å². The summed E-state index contributed by atoms with van der Waals surface area (Å²) in [6.07, 6.45) is 0. The van der Waals surface area contributed by atoms with Gasteiger partial charge in [0.15, 0.2) is 0 Å². The second-order valence-electron chi connectivity index (χ2n) is 3.56. The first-order valence-electron chi connectivity index (χ1n) is 5.38. The van der Waals surface area contributed by atoms with Crippen LogP contribution in [0.15, 0.2) is 30.3 Å². The minimum Gasteiger partial charge on any atom is -0.480 e. The molecule has 0 saturated carbocycles. The SMILES string of the molecule is N[C@@H](COCCOCc1ccccc1)C(=O)O.S. The predicted octanol–water partition coefficient (Wildman–Crippen LogP) is 0.744. The molecule has 0 bridgehead atoms. The van der Waals surface area contributed by atoms with Crippen LogP contribution in [0.4, 0.5) is 0 Å². The first kappa shape index (κ1) is 16.9. The van der Waals surface area contributed by atoms with Crippen molar-refractivity contribution in [2.24, 2.45) is 5.73 Å². The number of hydrogen-bond donors (Lipinski definition) is 2. The van der Waals surface area contributed by atoms with Crippen molar-refractivity contribution in [2.75, 3.05) is 19.8 Å². The lowest BCUT2D eigenvalue weighted by atomic mass is 10.2. The van der Waals surface area contributed by atoms with Gasteiger partial charge in [0.2, 0.25) is 0 Å². The van der Waals surface area contributed by atoms with Crippen molar-refractivity contribution in [3.63, 3.8) is 0 Å². The van der Waals surface area contributed by atoms with Gasteiger partial charge in [-0.3, -0.25) is 4.79 Å². The van der Waals surface area contributed by atoms with Crippen molar-refractivity contribution >= 4 is 19.5 Å². The van der Waals surface area contributed by atoms with Crippen LogP contribution in [0.3, 0.4) is 0 Å². The van der Waals surface area contributed by atoms with Gasteiger partial charge in [0, 0.05) is 0 Å². The standard InChI is InChI=1S/C12H17NO4.H2S/c13-11(12(14)15)9-17-7-6-16-8-10-4-2-1-3-5-10;/h1-5,11H,6-9,13H2,(H,14,15);1H2/t11-;/m0./s1. The second-order valence-corrected chi connectivity index (χ2v) is 3.56. The molecule has 0 aromatic heterocycles. The third-order valence-electron chi connectivity index (χ3n) is 2.10. The van der Waals surface area contributed by atoms with Crippen molar-refractivity contribution in [1.29, 1.82) is 0 Å². The summed E-state index contributed by atoms with van der Waals surface area (Å²) in [5.74, 6) is -1.06. The summed E-state index contributed by atoms with van der Waals surface area (Å²) in [4.78, 5) is 10.4. The van der Waals surface area contributed by atoms with E-state index >= 15 is 0 Å². The van der Waals surface area contributed by atoms with Crippen molar-refractivity contribution in [3.8, 4) is 0 Å². The van der Waals surface area contributed by atoms with Crippen molar-refractivity contribution in [3.05, 3.63) is 35.9 Å². The highest BCUT2D eigenvalue weighted by Crippen LogP contribution is 1.99. The van der Waals surface area contributed by atoms with Gasteiger partial charge in [0.1, 0.15) is 6.04 Å². The first-order chi connectivity index (χ1) is 8.20. The Morgan fingerprint density at radius 2 is 1.83 bits per heavy atom. The summed E-state index contributed by atoms with van der Waals surface area (Å²) in [7, 11) is 0. The number of aliphatic carboxylic acids is 1. The van der Waals surface area contributed by atoms with E-state index in [0.29, 0.717) is 19.8 Å². The van der Waals surface area contributed by atoms with Crippen molar-refractivity contribution in [1.82, 2.24) is 0 Å². The van der Waals surface area contributed by atoms with Crippen molar-refractivity contribution in [2.45, 2.75) is 12.6 Å². The van der Waals surface area contributed by atoms with E-state index in [-0.39, 0.29) is 20.1 Å². The smallest absolute Gasteiger partial charge is 0.322 e. The Bertz CT molecular complexity index is 334. The molecule has 0 aliphatic heterocycles. The van der Waals surface area contributed by atoms with Gasteiger partial charge >= 0.3 is 5.97 Å². The number of carboxylic acids is 1. The Morgan fingerprint density at radius 1 is 1.22 bits per heavy atom. The molecule has 0 unspecified atom stereocenters. The molecule has 102 valence electrons. The quantitative estimate of drug-likeness (QED) is 0.683. The summed E-state index contributed by atoms with van der Waals surface area (Å²) < 4.78 is 10.4. The summed E-state index contributed by atoms with van der Waals surface area (Å²) >= 11 is 0. The topological polar surface area (TPSA) is 81.8 Å². The Kier molecular flexibility index (Phi) is 9.31. The van der Waals surface area contributed by atoms with Crippen LogP contribution in [-0.2, 0) is 20.9 Å². The minimum absolute atomic E-state index is 0. The number of carbonyl (C=O) groups is 1. The normalized spacial score (nSPS) is 11.6. The highest BCUT2D eigenvalue weighted by Gasteiger charge is 2.10. The fourth-order valence-electron chi connectivity index (χ4n) is 1.16. The Hall–Kier alpha value is -1.08. The van der Waals surface area contributed by atoms with Crippen LogP contribution in [-0.4, -0.2) is 36.9 Å². The highest BCUT2D eigenvalue weighted by molar-refractivity contribution is 7.59. The number of benzene rings is 1. The molecular weight excluding hydrogens is 254 g/mol. The fraction of sp³-hybridized carbons (Fsp3) is 0.417. The molecule has 0 aliphatic carbocycles. The van der Waals surface area contributed by atoms with Crippen LogP contribution < -0.4 is 5.73 Å². The van der Waals surface area contributed by atoms with Gasteiger partial charge < -0.3 is 20.3 Å². The Morgan fingerprint density at radius 3 is 2.44 bits per heavy atom. The van der Waals surface area contributed by atoms with E-state index in [1.807, 2.05) is 30.3 Å². The third-order valence-corrected chi connectivity index (χ3v) is 2.10. The van der Waals surface area contributed by atoms with Crippen molar-refractivity contribution < 1.29 is 19.4 Å². The van der Waals surface area contributed by atoms with Gasteiger partial charge in [-0.2, -0.15) is 13.5 Å². The largest absolute Gasteiger partial charge is 0.480 e. The molecule has 3 N–H and O–H groups in total. The lowest BCUT2D eigenvalue weighted by Gasteiger charge is -2.08. The van der Waals surface area contributed by atoms with Crippen LogP contribution in [0.5, 0.6) is 0 Å². The van der Waals surface area contributed by atoms with Gasteiger partial charge in [-0.1, -0.05) is 30.3 Å². The Labute approximate surface area is 113 Å². The molecule has 1 rings (SSSR count). The molecule has 0 saturated heterocycles. The van der Waals surface area contributed by atoms with Crippen LogP contribution in [0, 0.1) is 0 Å². The monoisotopic (exact) mass is 273 g/mol. The number of hydrogen-bond acceptors (Lipinski definition) is 4. The first-order valence-corrected chi connectivity index (χ1v) is 5.38. The molecule has 18 heavy (non-hydrogen) atoms. The van der Waals surface area contributed by atoms with E-state index in [2.05, 4.69) is 0 Å². The number of ether oxygens (including phenoxy) is 2. The number of carboxylic acid groups (broad SMARTS) is 1. The summed E-state index contributed by atoms with van der Waals surface area (Å²) in [6.45, 7) is 1.29. The highest BCUT2D eigenvalue weighted by atomic mass is 32.1. The lowest BCUT2D eigenvalue weighted by Crippen LogP contribution is -2.35. The van der Waals surface area contributed by atoms with Gasteiger partial charge in [0.25, 0.3) is 0 Å². The van der Waals surface area contributed by atoms with E-state index < -0.39 is 12.0 Å². The van der Waals surface area contributed by atoms with E-state index in [1.165, 1.54) is 0 Å². The zero-order valence-electron chi connectivity index (χ0n) is 10.0. The minimum atomic E-state index is -1.06. The van der Waals surface area contributed by atoms with Crippen LogP contribution >= 0.6 is 13.5 Å². The van der Waals surface area contributed by atoms with Gasteiger partial charge in [-0.15, -0.1) is 0 Å². The molecule has 1 aromatic carbocycles. The molecule has 5 nitrogen and oxygen atoms in total. The molecule has 0 radical (unpaired) electrons. The van der Waals surface area contributed by atoms with E-state index in [1.54, 1.807) is 0 Å². The fourth-order valence-corrected chi connectivity index (χ4v) is 1.16. The molecule has 0 amide bonds. The molecule has 0 heterocycles. The summed E-state index contributed by atoms with van der Waals surface area (Å²) in [5, 5.41) is 8.50. The van der Waals surface area contributed by atoms with E-state index in [0.717, 1.165) is 5.56 Å². The number of nitrogens with two attached hydrogens (primary N) is 1. The summed E-state index contributed by atoms with van der Waals surface area (Å²) in [5.41, 5.74) is 6.35. The lowest BCUT2D eigenvalue weighted by molar-refractivity contribution is -0.140. The number of rotatable bonds is 8. The van der Waals surface area contributed by atoms with E-state index in [9.17, 15) is 4.79 Å². The average Bonchev–Trinajstić information content (AvgIpc) is 2.34. The maximum Gasteiger partial charge on any atom is 0.322 e.